The van der Waals surface area contributed by atoms with Gasteiger partial charge in [0.1, 0.15) is 0 Å². The SMILES string of the molecule is O=C1CCCN1CCCNS. The molecule has 1 fully saturated rings. The summed E-state index contributed by atoms with van der Waals surface area (Å²) >= 11 is 3.87. The fourth-order valence-corrected chi connectivity index (χ4v) is 1.45. The summed E-state index contributed by atoms with van der Waals surface area (Å²) < 4.78 is 2.76. The average Bonchev–Trinajstić information content (AvgIpc) is 2.37. The summed E-state index contributed by atoms with van der Waals surface area (Å²) in [6, 6.07) is 0. The molecule has 1 heterocycles. The Bertz CT molecular complexity index is 140. The van der Waals surface area contributed by atoms with Crippen LogP contribution in [0.2, 0.25) is 0 Å². The first-order valence-electron chi connectivity index (χ1n) is 3.99. The molecule has 0 bridgehead atoms. The van der Waals surface area contributed by atoms with Crippen molar-refractivity contribution in [2.75, 3.05) is 19.6 Å². The molecule has 3 nitrogen and oxygen atoms in total. The number of hydrogen-bond donors (Lipinski definition) is 2. The van der Waals surface area contributed by atoms with Crippen LogP contribution in [0, 0.1) is 0 Å². The van der Waals surface area contributed by atoms with Gasteiger partial charge in [0, 0.05) is 26.1 Å². The Balaban J connectivity index is 2.10. The number of likely N-dealkylation sites (tertiary alicyclic amines) is 1. The van der Waals surface area contributed by atoms with Gasteiger partial charge in [0.25, 0.3) is 0 Å². The highest BCUT2D eigenvalue weighted by Gasteiger charge is 2.18. The minimum Gasteiger partial charge on any atom is -0.343 e. The molecule has 4 heteroatoms. The maximum Gasteiger partial charge on any atom is 0.222 e. The van der Waals surface area contributed by atoms with E-state index in [4.69, 9.17) is 0 Å². The molecule has 0 spiro atoms. The molecule has 0 radical (unpaired) electrons. The molecule has 0 aromatic heterocycles. The van der Waals surface area contributed by atoms with E-state index in [1.54, 1.807) is 0 Å². The Hall–Kier alpha value is -0.220. The number of carbonyl (C=O) groups is 1. The van der Waals surface area contributed by atoms with Crippen LogP contribution in [-0.4, -0.2) is 30.4 Å². The van der Waals surface area contributed by atoms with Crippen molar-refractivity contribution in [3.8, 4) is 0 Å². The molecule has 1 aliphatic heterocycles. The minimum absolute atomic E-state index is 0.309. The first-order chi connectivity index (χ1) is 5.34. The van der Waals surface area contributed by atoms with E-state index < -0.39 is 0 Å². The Kier molecular flexibility index (Phi) is 3.72. The van der Waals surface area contributed by atoms with E-state index in [0.717, 1.165) is 38.9 Å². The lowest BCUT2D eigenvalue weighted by atomic mass is 10.4. The summed E-state index contributed by atoms with van der Waals surface area (Å²) in [5.41, 5.74) is 0. The van der Waals surface area contributed by atoms with Crippen molar-refractivity contribution in [3.63, 3.8) is 0 Å². The Morgan fingerprint density at radius 1 is 1.64 bits per heavy atom. The summed E-state index contributed by atoms with van der Waals surface area (Å²) in [4.78, 5) is 13.0. The van der Waals surface area contributed by atoms with Gasteiger partial charge in [-0.15, -0.1) is 0 Å². The number of hydrogen-bond acceptors (Lipinski definition) is 3. The lowest BCUT2D eigenvalue weighted by Gasteiger charge is -2.14. The predicted molar refractivity (Wildman–Crippen MR) is 47.4 cm³/mol. The van der Waals surface area contributed by atoms with Gasteiger partial charge in [0.2, 0.25) is 5.91 Å². The standard InChI is InChI=1S/C7H14N2OS/c10-7-3-1-5-9(7)6-2-4-8-11/h8,11H,1-6H2. The number of nitrogens with one attached hydrogen (secondary N) is 1. The van der Waals surface area contributed by atoms with E-state index in [1.165, 1.54) is 0 Å². The first kappa shape index (κ1) is 8.87. The highest BCUT2D eigenvalue weighted by Crippen LogP contribution is 2.09. The van der Waals surface area contributed by atoms with Gasteiger partial charge in [-0.2, -0.15) is 0 Å². The highest BCUT2D eigenvalue weighted by atomic mass is 32.1. The molecule has 64 valence electrons. The fraction of sp³-hybridized carbons (Fsp3) is 0.857. The van der Waals surface area contributed by atoms with E-state index in [1.807, 2.05) is 4.90 Å². The van der Waals surface area contributed by atoms with Crippen LogP contribution < -0.4 is 4.72 Å². The Morgan fingerprint density at radius 3 is 3.00 bits per heavy atom. The molecular formula is C7H14N2OS. The van der Waals surface area contributed by atoms with Crippen LogP contribution in [0.15, 0.2) is 0 Å². The number of nitrogens with zero attached hydrogens (tertiary/aromatic N) is 1. The van der Waals surface area contributed by atoms with Crippen LogP contribution in [0.1, 0.15) is 19.3 Å². The third-order valence-electron chi connectivity index (χ3n) is 1.89. The lowest BCUT2D eigenvalue weighted by Crippen LogP contribution is -2.27. The number of thiol groups is 1. The molecular weight excluding hydrogens is 160 g/mol. The quantitative estimate of drug-likeness (QED) is 0.478. The summed E-state index contributed by atoms with van der Waals surface area (Å²) in [5.74, 6) is 0.309. The van der Waals surface area contributed by atoms with Crippen molar-refractivity contribution in [2.45, 2.75) is 19.3 Å². The van der Waals surface area contributed by atoms with Gasteiger partial charge < -0.3 is 4.90 Å². The van der Waals surface area contributed by atoms with Crippen LogP contribution in [-0.2, 0) is 4.79 Å². The number of carbonyl (C=O) groups excluding carboxylic acids is 1. The summed E-state index contributed by atoms with van der Waals surface area (Å²) in [5, 5.41) is 0. The molecule has 0 unspecified atom stereocenters. The molecule has 1 amide bonds. The summed E-state index contributed by atoms with van der Waals surface area (Å²) in [6.45, 7) is 2.70. The van der Waals surface area contributed by atoms with E-state index in [0.29, 0.717) is 5.91 Å². The van der Waals surface area contributed by atoms with Gasteiger partial charge >= 0.3 is 0 Å². The molecule has 0 aromatic carbocycles. The minimum atomic E-state index is 0.309. The van der Waals surface area contributed by atoms with E-state index in [2.05, 4.69) is 17.5 Å². The fourth-order valence-electron chi connectivity index (χ4n) is 1.29. The van der Waals surface area contributed by atoms with E-state index in [-0.39, 0.29) is 0 Å². The van der Waals surface area contributed by atoms with Gasteiger partial charge in [-0.3, -0.25) is 9.52 Å². The topological polar surface area (TPSA) is 32.3 Å². The second kappa shape index (κ2) is 4.62. The second-order valence-corrected chi connectivity index (χ2v) is 3.06. The largest absolute Gasteiger partial charge is 0.343 e. The van der Waals surface area contributed by atoms with E-state index in [9.17, 15) is 4.79 Å². The van der Waals surface area contributed by atoms with Gasteiger partial charge in [-0.05, 0) is 12.8 Å². The van der Waals surface area contributed by atoms with E-state index >= 15 is 0 Å². The molecule has 0 aromatic rings. The second-order valence-electron chi connectivity index (χ2n) is 2.75. The number of amides is 1. The molecule has 1 N–H and O–H groups in total. The van der Waals surface area contributed by atoms with Crippen molar-refractivity contribution in [1.82, 2.24) is 9.62 Å². The predicted octanol–water partition coefficient (Wildman–Crippen LogP) is 0.433. The molecule has 0 atom stereocenters. The Labute approximate surface area is 72.7 Å². The summed E-state index contributed by atoms with van der Waals surface area (Å²) in [6.07, 6.45) is 2.77. The van der Waals surface area contributed by atoms with Gasteiger partial charge in [0.15, 0.2) is 0 Å². The molecule has 1 aliphatic rings. The Morgan fingerprint density at radius 2 is 2.45 bits per heavy atom. The maximum atomic E-state index is 11.1. The van der Waals surface area contributed by atoms with Crippen molar-refractivity contribution in [1.29, 1.82) is 0 Å². The molecule has 0 saturated carbocycles. The van der Waals surface area contributed by atoms with Crippen molar-refractivity contribution in [3.05, 3.63) is 0 Å². The maximum absolute atomic E-state index is 11.1. The summed E-state index contributed by atoms with van der Waals surface area (Å²) in [7, 11) is 0. The highest BCUT2D eigenvalue weighted by molar-refractivity contribution is 7.78. The van der Waals surface area contributed by atoms with Gasteiger partial charge in [-0.25, -0.2) is 0 Å². The lowest BCUT2D eigenvalue weighted by molar-refractivity contribution is -0.127. The van der Waals surface area contributed by atoms with Gasteiger partial charge in [0.05, 0.1) is 0 Å². The molecule has 1 saturated heterocycles. The van der Waals surface area contributed by atoms with Crippen LogP contribution in [0.5, 0.6) is 0 Å². The van der Waals surface area contributed by atoms with Crippen LogP contribution >= 0.6 is 12.8 Å². The monoisotopic (exact) mass is 174 g/mol. The van der Waals surface area contributed by atoms with Crippen LogP contribution in [0.3, 0.4) is 0 Å². The molecule has 11 heavy (non-hydrogen) atoms. The third-order valence-corrected chi connectivity index (χ3v) is 2.11. The normalized spacial score (nSPS) is 17.9. The smallest absolute Gasteiger partial charge is 0.222 e. The third kappa shape index (κ3) is 2.71. The molecule has 1 rings (SSSR count). The first-order valence-corrected chi connectivity index (χ1v) is 4.44. The van der Waals surface area contributed by atoms with Crippen molar-refractivity contribution in [2.24, 2.45) is 0 Å². The zero-order valence-corrected chi connectivity index (χ0v) is 7.44. The van der Waals surface area contributed by atoms with Gasteiger partial charge in [-0.1, -0.05) is 12.8 Å². The number of rotatable bonds is 4. The van der Waals surface area contributed by atoms with Crippen molar-refractivity contribution >= 4 is 18.7 Å². The molecule has 0 aliphatic carbocycles. The van der Waals surface area contributed by atoms with Crippen LogP contribution in [0.4, 0.5) is 0 Å². The zero-order valence-electron chi connectivity index (χ0n) is 6.55. The van der Waals surface area contributed by atoms with Crippen molar-refractivity contribution < 1.29 is 4.79 Å². The zero-order chi connectivity index (χ0) is 8.10. The van der Waals surface area contributed by atoms with Crippen LogP contribution in [0.25, 0.3) is 0 Å². The average molecular weight is 174 g/mol.